The van der Waals surface area contributed by atoms with Gasteiger partial charge in [-0.15, -0.1) is 0 Å². The minimum absolute atomic E-state index is 0.128. The lowest BCUT2D eigenvalue weighted by molar-refractivity contribution is -0.140. The van der Waals surface area contributed by atoms with E-state index in [1.807, 2.05) is 4.90 Å². The van der Waals surface area contributed by atoms with E-state index >= 15 is 0 Å². The number of halogens is 1. The van der Waals surface area contributed by atoms with Gasteiger partial charge >= 0.3 is 0 Å². The lowest BCUT2D eigenvalue weighted by Crippen LogP contribution is -2.67. The van der Waals surface area contributed by atoms with Crippen LogP contribution >= 0.6 is 0 Å². The molecular formula is C15H19FN2O2. The van der Waals surface area contributed by atoms with E-state index in [1.165, 1.54) is 18.6 Å². The van der Waals surface area contributed by atoms with Crippen LogP contribution in [0.5, 0.6) is 5.75 Å². The normalized spacial score (nSPS) is 25.9. The third-order valence-electron chi connectivity index (χ3n) is 3.95. The molecule has 1 aromatic rings. The molecule has 4 nitrogen and oxygen atoms in total. The molecule has 0 aromatic heterocycles. The number of piperidine rings is 1. The van der Waals surface area contributed by atoms with Gasteiger partial charge in [0.05, 0.1) is 0 Å². The number of rotatable bonds is 3. The van der Waals surface area contributed by atoms with Crippen molar-refractivity contribution in [2.24, 2.45) is 0 Å². The first-order valence-corrected chi connectivity index (χ1v) is 7.18. The van der Waals surface area contributed by atoms with Gasteiger partial charge in [-0.3, -0.25) is 10.1 Å². The highest BCUT2D eigenvalue weighted by atomic mass is 19.1. The van der Waals surface area contributed by atoms with Crippen LogP contribution in [0.3, 0.4) is 0 Å². The number of amides is 1. The molecule has 1 amide bonds. The predicted octanol–water partition coefficient (Wildman–Crippen LogP) is 1.56. The van der Waals surface area contributed by atoms with E-state index in [9.17, 15) is 9.18 Å². The summed E-state index contributed by atoms with van der Waals surface area (Å²) in [6.45, 7) is 2.35. The summed E-state index contributed by atoms with van der Waals surface area (Å²) in [6, 6.07) is 5.65. The Morgan fingerprint density at radius 3 is 2.50 bits per heavy atom. The largest absolute Gasteiger partial charge is 0.487 e. The van der Waals surface area contributed by atoms with Crippen molar-refractivity contribution in [2.45, 2.75) is 31.4 Å². The van der Waals surface area contributed by atoms with Gasteiger partial charge in [-0.1, -0.05) is 0 Å². The van der Waals surface area contributed by atoms with E-state index in [-0.39, 0.29) is 23.9 Å². The number of likely N-dealkylation sites (tertiary alicyclic amines) is 1. The quantitative estimate of drug-likeness (QED) is 0.912. The maximum absolute atomic E-state index is 12.8. The van der Waals surface area contributed by atoms with Gasteiger partial charge in [0.25, 0.3) is 0 Å². The zero-order valence-electron chi connectivity index (χ0n) is 11.3. The molecule has 0 radical (unpaired) electrons. The Bertz CT molecular complexity index is 471. The molecule has 0 spiro atoms. The highest BCUT2D eigenvalue weighted by Crippen LogP contribution is 2.20. The maximum atomic E-state index is 12.8. The van der Waals surface area contributed by atoms with E-state index in [1.54, 1.807) is 12.1 Å². The van der Waals surface area contributed by atoms with E-state index in [2.05, 4.69) is 5.32 Å². The van der Waals surface area contributed by atoms with Gasteiger partial charge in [0.1, 0.15) is 23.7 Å². The van der Waals surface area contributed by atoms with Crippen molar-refractivity contribution < 1.29 is 13.9 Å². The smallest absolute Gasteiger partial charge is 0.243 e. The fraction of sp³-hybridized carbons (Fsp3) is 0.533. The Morgan fingerprint density at radius 1 is 1.20 bits per heavy atom. The van der Waals surface area contributed by atoms with Crippen molar-refractivity contribution in [3.8, 4) is 5.75 Å². The lowest BCUT2D eigenvalue weighted by atomic mass is 10.00. The third-order valence-corrected chi connectivity index (χ3v) is 3.95. The van der Waals surface area contributed by atoms with Gasteiger partial charge in [-0.05, 0) is 43.5 Å². The topological polar surface area (TPSA) is 41.6 Å². The van der Waals surface area contributed by atoms with E-state index in [0.717, 1.165) is 25.9 Å². The molecule has 20 heavy (non-hydrogen) atoms. The highest BCUT2D eigenvalue weighted by molar-refractivity contribution is 5.83. The Morgan fingerprint density at radius 2 is 1.90 bits per heavy atom. The minimum atomic E-state index is -0.287. The summed E-state index contributed by atoms with van der Waals surface area (Å²) >= 11 is 0. The molecule has 1 aromatic carbocycles. The SMILES string of the molecule is O=C([C@H]1NC[C@H]1Oc1ccc(F)cc1)N1CCCCC1. The standard InChI is InChI=1S/C15H19FN2O2/c16-11-4-6-12(7-5-11)20-13-10-17-14(13)15(19)18-8-2-1-3-9-18/h4-7,13-14,17H,1-3,8-10H2/t13-,14+/m1/s1. The molecule has 0 bridgehead atoms. The molecule has 2 fully saturated rings. The van der Waals surface area contributed by atoms with Crippen molar-refractivity contribution in [1.82, 2.24) is 10.2 Å². The molecule has 3 rings (SSSR count). The third kappa shape index (κ3) is 2.77. The van der Waals surface area contributed by atoms with Gasteiger partial charge in [-0.2, -0.15) is 0 Å². The van der Waals surface area contributed by atoms with Crippen molar-refractivity contribution in [3.63, 3.8) is 0 Å². The summed E-state index contributed by atoms with van der Waals surface area (Å²) < 4.78 is 18.6. The fourth-order valence-corrected chi connectivity index (χ4v) is 2.69. The monoisotopic (exact) mass is 278 g/mol. The minimum Gasteiger partial charge on any atom is -0.487 e. The van der Waals surface area contributed by atoms with Crippen molar-refractivity contribution in [3.05, 3.63) is 30.1 Å². The zero-order valence-corrected chi connectivity index (χ0v) is 11.3. The first-order valence-electron chi connectivity index (χ1n) is 7.18. The number of benzene rings is 1. The van der Waals surface area contributed by atoms with Crippen molar-refractivity contribution in [2.75, 3.05) is 19.6 Å². The van der Waals surface area contributed by atoms with Crippen LogP contribution in [0.2, 0.25) is 0 Å². The number of nitrogens with one attached hydrogen (secondary N) is 1. The van der Waals surface area contributed by atoms with Crippen molar-refractivity contribution >= 4 is 5.91 Å². The van der Waals surface area contributed by atoms with Gasteiger partial charge in [0.2, 0.25) is 5.91 Å². The summed E-state index contributed by atoms with van der Waals surface area (Å²) in [5, 5.41) is 3.13. The molecule has 2 atom stereocenters. The Kier molecular flexibility index (Phi) is 3.87. The fourth-order valence-electron chi connectivity index (χ4n) is 2.69. The van der Waals surface area contributed by atoms with Crippen LogP contribution in [-0.4, -0.2) is 42.6 Å². The number of carbonyl (C=O) groups is 1. The zero-order chi connectivity index (χ0) is 13.9. The van der Waals surface area contributed by atoms with Gasteiger partial charge in [-0.25, -0.2) is 4.39 Å². The van der Waals surface area contributed by atoms with Gasteiger partial charge in [0.15, 0.2) is 0 Å². The number of carbonyl (C=O) groups excluding carboxylic acids is 1. The lowest BCUT2D eigenvalue weighted by Gasteiger charge is -2.40. The summed E-state index contributed by atoms with van der Waals surface area (Å²) in [4.78, 5) is 14.3. The molecule has 1 N–H and O–H groups in total. The van der Waals surface area contributed by atoms with Crippen LogP contribution in [0.25, 0.3) is 0 Å². The molecule has 0 aliphatic carbocycles. The van der Waals surface area contributed by atoms with Crippen LogP contribution in [0.15, 0.2) is 24.3 Å². The van der Waals surface area contributed by atoms with Crippen LogP contribution in [0, 0.1) is 5.82 Å². The highest BCUT2D eigenvalue weighted by Gasteiger charge is 2.40. The number of hydrogen-bond donors (Lipinski definition) is 1. The molecule has 2 saturated heterocycles. The maximum Gasteiger partial charge on any atom is 0.243 e. The average Bonchev–Trinajstić information content (AvgIpc) is 2.46. The number of hydrogen-bond acceptors (Lipinski definition) is 3. The summed E-state index contributed by atoms with van der Waals surface area (Å²) in [5.41, 5.74) is 0. The van der Waals surface area contributed by atoms with Crippen molar-refractivity contribution in [1.29, 1.82) is 0 Å². The van der Waals surface area contributed by atoms with Crippen LogP contribution < -0.4 is 10.1 Å². The second-order valence-electron chi connectivity index (χ2n) is 5.38. The van der Waals surface area contributed by atoms with Gasteiger partial charge in [0, 0.05) is 19.6 Å². The first kappa shape index (κ1) is 13.4. The predicted molar refractivity (Wildman–Crippen MR) is 73.0 cm³/mol. The Labute approximate surface area is 117 Å². The molecule has 2 aliphatic rings. The molecule has 2 heterocycles. The Balaban J connectivity index is 1.58. The van der Waals surface area contributed by atoms with Crippen LogP contribution in [0.4, 0.5) is 4.39 Å². The van der Waals surface area contributed by atoms with E-state index < -0.39 is 0 Å². The van der Waals surface area contributed by atoms with Gasteiger partial charge < -0.3 is 9.64 Å². The molecule has 5 heteroatoms. The number of ether oxygens (including phenoxy) is 1. The second-order valence-corrected chi connectivity index (χ2v) is 5.38. The molecular weight excluding hydrogens is 259 g/mol. The summed E-state index contributed by atoms with van der Waals surface area (Å²) in [7, 11) is 0. The van der Waals surface area contributed by atoms with E-state index in [4.69, 9.17) is 4.74 Å². The Hall–Kier alpha value is -1.62. The molecule has 108 valence electrons. The number of nitrogens with zero attached hydrogens (tertiary/aromatic N) is 1. The van der Waals surface area contributed by atoms with E-state index in [0.29, 0.717) is 12.3 Å². The molecule has 0 unspecified atom stereocenters. The molecule has 2 aliphatic heterocycles. The second kappa shape index (κ2) is 5.79. The average molecular weight is 278 g/mol. The van der Waals surface area contributed by atoms with Crippen LogP contribution in [-0.2, 0) is 4.79 Å². The van der Waals surface area contributed by atoms with Crippen LogP contribution in [0.1, 0.15) is 19.3 Å². The molecule has 0 saturated carbocycles. The summed E-state index contributed by atoms with van der Waals surface area (Å²) in [6.07, 6.45) is 3.22. The summed E-state index contributed by atoms with van der Waals surface area (Å²) in [5.74, 6) is 0.447. The first-order chi connectivity index (χ1) is 9.74.